The van der Waals surface area contributed by atoms with Gasteiger partial charge in [0.1, 0.15) is 0 Å². The number of hydrogen-bond acceptors (Lipinski definition) is 3. The zero-order chi connectivity index (χ0) is 7.28. The van der Waals surface area contributed by atoms with Crippen molar-refractivity contribution in [3.63, 3.8) is 0 Å². The summed E-state index contributed by atoms with van der Waals surface area (Å²) in [7, 11) is 4.66. The van der Waals surface area contributed by atoms with Gasteiger partial charge in [-0.2, -0.15) is 0 Å². The molecule has 48 valence electrons. The molecule has 0 aliphatic heterocycles. The molecule has 0 aromatic carbocycles. The lowest BCUT2D eigenvalue weighted by Crippen LogP contribution is -2.14. The Morgan fingerprint density at radius 1 is 1.89 bits per heavy atom. The van der Waals surface area contributed by atoms with Crippen molar-refractivity contribution in [3.8, 4) is 0 Å². The van der Waals surface area contributed by atoms with E-state index >= 15 is 0 Å². The molecular weight excluding hydrogens is 119 g/mol. The lowest BCUT2D eigenvalue weighted by molar-refractivity contribution is -0.154. The Labute approximate surface area is 55.1 Å². The normalized spacial score (nSPS) is 12.1. The Morgan fingerprint density at radius 2 is 2.44 bits per heavy atom. The number of esters is 1. The van der Waals surface area contributed by atoms with Crippen molar-refractivity contribution in [1.82, 2.24) is 0 Å². The van der Waals surface area contributed by atoms with Gasteiger partial charge in [-0.15, -0.1) is 0 Å². The molecule has 0 aromatic rings. The summed E-state index contributed by atoms with van der Waals surface area (Å²) >= 11 is 0. The van der Waals surface area contributed by atoms with Gasteiger partial charge in [-0.25, -0.2) is 4.79 Å². The zero-order valence-corrected chi connectivity index (χ0v) is 5.16. The molecule has 0 aliphatic rings. The third-order valence-electron chi connectivity index (χ3n) is 0.640. The Balaban J connectivity index is 3.46. The van der Waals surface area contributed by atoms with Crippen LogP contribution in [0.4, 0.5) is 0 Å². The second kappa shape index (κ2) is 4.15. The highest BCUT2D eigenvalue weighted by molar-refractivity contribution is 5.98. The van der Waals surface area contributed by atoms with Crippen LogP contribution in [0.25, 0.3) is 0 Å². The van der Waals surface area contributed by atoms with Gasteiger partial charge in [-0.1, -0.05) is 6.58 Å². The van der Waals surface area contributed by atoms with E-state index in [0.29, 0.717) is 0 Å². The molecule has 0 aliphatic carbocycles. The van der Waals surface area contributed by atoms with Gasteiger partial charge in [0.2, 0.25) is 0 Å². The van der Waals surface area contributed by atoms with Crippen molar-refractivity contribution in [3.05, 3.63) is 12.7 Å². The van der Waals surface area contributed by atoms with E-state index in [2.05, 4.69) is 24.0 Å². The predicted molar refractivity (Wildman–Crippen MR) is 32.6 cm³/mol. The third kappa shape index (κ3) is 3.79. The Hall–Kier alpha value is -0.765. The molecule has 0 N–H and O–H groups in total. The first-order chi connectivity index (χ1) is 4.20. The van der Waals surface area contributed by atoms with Crippen molar-refractivity contribution in [2.45, 2.75) is 13.2 Å². The van der Waals surface area contributed by atoms with Gasteiger partial charge in [0.05, 0.1) is 0 Å². The van der Waals surface area contributed by atoms with Crippen molar-refractivity contribution in [2.75, 3.05) is 0 Å². The maximum Gasteiger partial charge on any atom is 0.332 e. The fourth-order valence-electron chi connectivity index (χ4n) is 0.239. The summed E-state index contributed by atoms with van der Waals surface area (Å²) in [6.07, 6.45) is 0.325. The van der Waals surface area contributed by atoms with Crippen LogP contribution in [0.1, 0.15) is 6.92 Å². The third-order valence-corrected chi connectivity index (χ3v) is 0.640. The van der Waals surface area contributed by atoms with Crippen molar-refractivity contribution in [2.24, 2.45) is 0 Å². The lowest BCUT2D eigenvalue weighted by Gasteiger charge is -2.08. The summed E-state index contributed by atoms with van der Waals surface area (Å²) in [5, 5.41) is 0. The van der Waals surface area contributed by atoms with Crippen LogP contribution >= 0.6 is 0 Å². The van der Waals surface area contributed by atoms with Gasteiger partial charge < -0.3 is 9.39 Å². The van der Waals surface area contributed by atoms with Gasteiger partial charge >= 0.3 is 5.97 Å². The number of rotatable bonds is 3. The molecule has 2 radical (unpaired) electrons. The van der Waals surface area contributed by atoms with E-state index < -0.39 is 12.3 Å². The van der Waals surface area contributed by atoms with E-state index in [9.17, 15) is 4.79 Å². The van der Waals surface area contributed by atoms with Crippen LogP contribution in [0.3, 0.4) is 0 Å². The molecular formula is C5H7BO3. The predicted octanol–water partition coefficient (Wildman–Crippen LogP) is 0.162. The molecule has 0 spiro atoms. The highest BCUT2D eigenvalue weighted by atomic mass is 16.7. The fraction of sp³-hybridized carbons (Fsp3) is 0.400. The molecule has 4 heteroatoms. The van der Waals surface area contributed by atoms with Crippen LogP contribution in [-0.2, 0) is 14.2 Å². The summed E-state index contributed by atoms with van der Waals surface area (Å²) in [6.45, 7) is 4.68. The summed E-state index contributed by atoms with van der Waals surface area (Å²) in [6, 6.07) is 0. The molecule has 0 aromatic heterocycles. The first kappa shape index (κ1) is 8.23. The van der Waals surface area contributed by atoms with Crippen LogP contribution in [0, 0.1) is 0 Å². The number of ether oxygens (including phenoxy) is 1. The Morgan fingerprint density at radius 3 is 2.78 bits per heavy atom. The minimum Gasteiger partial charge on any atom is -0.434 e. The standard InChI is InChI=1S/C5H7BO3/c1-3-5(7)8-4(2)9-6/h3-4H,1H2,2H3. The lowest BCUT2D eigenvalue weighted by atomic mass is 10.5. The van der Waals surface area contributed by atoms with Crippen LogP contribution < -0.4 is 0 Å². The van der Waals surface area contributed by atoms with E-state index in [0.717, 1.165) is 6.08 Å². The van der Waals surface area contributed by atoms with Crippen LogP contribution in [0.5, 0.6) is 0 Å². The summed E-state index contributed by atoms with van der Waals surface area (Å²) in [5.74, 6) is -0.548. The smallest absolute Gasteiger partial charge is 0.332 e. The number of hydrogen-bond donors (Lipinski definition) is 0. The van der Waals surface area contributed by atoms with Gasteiger partial charge in [-0.05, 0) is 6.92 Å². The van der Waals surface area contributed by atoms with Crippen molar-refractivity contribution < 1.29 is 14.2 Å². The van der Waals surface area contributed by atoms with Gasteiger partial charge in [0, 0.05) is 6.08 Å². The number of carbonyl (C=O) groups is 1. The van der Waals surface area contributed by atoms with E-state index in [1.165, 1.54) is 6.92 Å². The topological polar surface area (TPSA) is 35.5 Å². The van der Waals surface area contributed by atoms with E-state index in [1.807, 2.05) is 0 Å². The molecule has 0 amide bonds. The first-order valence-electron chi connectivity index (χ1n) is 2.39. The Kier molecular flexibility index (Phi) is 3.79. The highest BCUT2D eigenvalue weighted by Gasteiger charge is 2.01. The minimum atomic E-state index is -0.713. The zero-order valence-electron chi connectivity index (χ0n) is 5.16. The van der Waals surface area contributed by atoms with Crippen LogP contribution in [-0.4, -0.2) is 20.3 Å². The fourth-order valence-corrected chi connectivity index (χ4v) is 0.239. The van der Waals surface area contributed by atoms with Crippen LogP contribution in [0.15, 0.2) is 12.7 Å². The molecule has 1 atom stereocenters. The van der Waals surface area contributed by atoms with Crippen molar-refractivity contribution >= 4 is 14.0 Å². The molecule has 3 nitrogen and oxygen atoms in total. The molecule has 0 bridgehead atoms. The molecule has 0 fully saturated rings. The van der Waals surface area contributed by atoms with E-state index in [1.54, 1.807) is 0 Å². The minimum absolute atomic E-state index is 0.548. The summed E-state index contributed by atoms with van der Waals surface area (Å²) in [4.78, 5) is 10.3. The molecule has 0 heterocycles. The van der Waals surface area contributed by atoms with E-state index in [4.69, 9.17) is 0 Å². The maximum absolute atomic E-state index is 10.3. The van der Waals surface area contributed by atoms with E-state index in [-0.39, 0.29) is 0 Å². The first-order valence-corrected chi connectivity index (χ1v) is 2.39. The SMILES string of the molecule is [B]OC(C)OC(=O)C=C. The Bertz CT molecular complexity index is 113. The average molecular weight is 126 g/mol. The number of carbonyl (C=O) groups excluding carboxylic acids is 1. The van der Waals surface area contributed by atoms with Crippen molar-refractivity contribution in [1.29, 1.82) is 0 Å². The summed E-state index contributed by atoms with van der Waals surface area (Å²) in [5.41, 5.74) is 0. The van der Waals surface area contributed by atoms with Gasteiger partial charge in [0.25, 0.3) is 8.05 Å². The molecule has 0 rings (SSSR count). The second-order valence-electron chi connectivity index (χ2n) is 1.34. The highest BCUT2D eigenvalue weighted by Crippen LogP contribution is 1.90. The van der Waals surface area contributed by atoms with Crippen LogP contribution in [0.2, 0.25) is 0 Å². The second-order valence-corrected chi connectivity index (χ2v) is 1.34. The molecule has 0 saturated carbocycles. The maximum atomic E-state index is 10.3. The molecule has 1 unspecified atom stereocenters. The monoisotopic (exact) mass is 126 g/mol. The summed E-state index contributed by atoms with van der Waals surface area (Å²) < 4.78 is 8.58. The molecule has 0 saturated heterocycles. The largest absolute Gasteiger partial charge is 0.434 e. The average Bonchev–Trinajstić information content (AvgIpc) is 1.87. The van der Waals surface area contributed by atoms with Gasteiger partial charge in [-0.3, -0.25) is 0 Å². The molecule has 9 heavy (non-hydrogen) atoms. The quantitative estimate of drug-likeness (QED) is 0.234. The van der Waals surface area contributed by atoms with Gasteiger partial charge in [0.15, 0.2) is 6.29 Å².